The van der Waals surface area contributed by atoms with E-state index in [1.54, 1.807) is 12.3 Å². The van der Waals surface area contributed by atoms with Crippen LogP contribution in [0.1, 0.15) is 67.9 Å². The maximum Gasteiger partial charge on any atom is 0.390 e. The molecule has 1 saturated heterocycles. The van der Waals surface area contributed by atoms with E-state index in [0.29, 0.717) is 50.5 Å². The minimum atomic E-state index is -4.40. The molecule has 2 aromatic heterocycles. The van der Waals surface area contributed by atoms with Gasteiger partial charge in [0.15, 0.2) is 0 Å². The van der Waals surface area contributed by atoms with Crippen LogP contribution in [0.3, 0.4) is 0 Å². The van der Waals surface area contributed by atoms with Crippen molar-refractivity contribution in [1.29, 1.82) is 0 Å². The molecule has 3 N–H and O–H groups in total. The number of alkyl halides is 3. The summed E-state index contributed by atoms with van der Waals surface area (Å²) in [6.07, 6.45) is 1.64. The third-order valence-corrected chi connectivity index (χ3v) is 8.36. The molecule has 0 aromatic carbocycles. The van der Waals surface area contributed by atoms with Gasteiger partial charge in [0.1, 0.15) is 17.6 Å². The van der Waals surface area contributed by atoms with Crippen LogP contribution in [-0.2, 0) is 26.3 Å². The number of carbonyl (C=O) groups excluding carboxylic acids is 3. The van der Waals surface area contributed by atoms with Crippen molar-refractivity contribution in [3.8, 4) is 0 Å². The highest BCUT2D eigenvalue weighted by Crippen LogP contribution is 2.44. The Morgan fingerprint density at radius 2 is 1.95 bits per heavy atom. The van der Waals surface area contributed by atoms with Gasteiger partial charge in [-0.3, -0.25) is 19.1 Å². The minimum Gasteiger partial charge on any atom is -0.381 e. The number of pyridine rings is 1. The highest BCUT2D eigenvalue weighted by molar-refractivity contribution is 6.07. The van der Waals surface area contributed by atoms with Crippen LogP contribution in [0.25, 0.3) is 0 Å². The lowest BCUT2D eigenvalue weighted by molar-refractivity contribution is -0.137. The first-order chi connectivity index (χ1) is 19.1. The Labute approximate surface area is 229 Å². The number of fused-ring (bicyclic) bond motifs is 2. The summed E-state index contributed by atoms with van der Waals surface area (Å²) in [6, 6.07) is 2.02. The number of carbonyl (C=O) groups is 3. The monoisotopic (exact) mass is 562 g/mol. The number of hydrogen-bond acceptors (Lipinski definition) is 6. The fourth-order valence-corrected chi connectivity index (χ4v) is 5.96. The molecule has 1 spiro atoms. The molecule has 4 heterocycles. The molecule has 216 valence electrons. The van der Waals surface area contributed by atoms with Crippen molar-refractivity contribution in [2.45, 2.75) is 76.0 Å². The summed E-state index contributed by atoms with van der Waals surface area (Å²) in [5, 5.41) is 12.3. The van der Waals surface area contributed by atoms with Gasteiger partial charge < -0.3 is 20.7 Å². The van der Waals surface area contributed by atoms with E-state index in [4.69, 9.17) is 4.74 Å². The van der Waals surface area contributed by atoms with E-state index in [9.17, 15) is 27.6 Å². The van der Waals surface area contributed by atoms with Crippen molar-refractivity contribution in [2.75, 3.05) is 23.8 Å². The van der Waals surface area contributed by atoms with Gasteiger partial charge >= 0.3 is 6.18 Å². The summed E-state index contributed by atoms with van der Waals surface area (Å²) >= 11 is 0. The van der Waals surface area contributed by atoms with Crippen LogP contribution < -0.4 is 16.0 Å². The van der Waals surface area contributed by atoms with E-state index in [2.05, 4.69) is 33.0 Å². The summed E-state index contributed by atoms with van der Waals surface area (Å²) in [7, 11) is 0. The first-order valence-corrected chi connectivity index (χ1v) is 13.7. The second-order valence-electron chi connectivity index (χ2n) is 11.0. The van der Waals surface area contributed by atoms with Gasteiger partial charge in [0.2, 0.25) is 11.8 Å². The maximum atomic E-state index is 13.6. The smallest absolute Gasteiger partial charge is 0.381 e. The SMILES string of the molecule is CC1CCC([C@H](NC(=O)c2ccnn2CCC(F)(F)F)C(=O)Nc2cc3c(cn2)C2(CCOCC2)C(=O)N3)CC1. The van der Waals surface area contributed by atoms with Crippen molar-refractivity contribution >= 4 is 29.2 Å². The van der Waals surface area contributed by atoms with Crippen LogP contribution in [0.5, 0.6) is 0 Å². The van der Waals surface area contributed by atoms with E-state index < -0.39 is 42.4 Å². The molecule has 1 atom stereocenters. The zero-order valence-corrected chi connectivity index (χ0v) is 22.2. The number of aryl methyl sites for hydroxylation is 1. The number of aromatic nitrogens is 3. The van der Waals surface area contributed by atoms with Gasteiger partial charge in [-0.15, -0.1) is 0 Å². The first kappa shape index (κ1) is 28.1. The molecule has 10 nitrogen and oxygen atoms in total. The second kappa shape index (κ2) is 11.2. The lowest BCUT2D eigenvalue weighted by atomic mass is 9.76. The molecule has 2 aromatic rings. The first-order valence-electron chi connectivity index (χ1n) is 13.7. The van der Waals surface area contributed by atoms with E-state index in [0.717, 1.165) is 23.1 Å². The molecule has 13 heteroatoms. The van der Waals surface area contributed by atoms with Crippen molar-refractivity contribution in [2.24, 2.45) is 11.8 Å². The van der Waals surface area contributed by atoms with E-state index in [1.807, 2.05) is 0 Å². The fourth-order valence-electron chi connectivity index (χ4n) is 5.96. The summed E-state index contributed by atoms with van der Waals surface area (Å²) in [5.41, 5.74) is 0.620. The van der Waals surface area contributed by atoms with Gasteiger partial charge in [0, 0.05) is 37.2 Å². The molecule has 3 aliphatic rings. The van der Waals surface area contributed by atoms with Crippen molar-refractivity contribution in [3.63, 3.8) is 0 Å². The molecular formula is C27H33F3N6O4. The molecule has 40 heavy (non-hydrogen) atoms. The van der Waals surface area contributed by atoms with Crippen LogP contribution in [0.4, 0.5) is 24.7 Å². The van der Waals surface area contributed by atoms with Crippen molar-refractivity contribution in [3.05, 3.63) is 35.8 Å². The number of hydrogen-bond donors (Lipinski definition) is 3. The number of rotatable bonds is 7. The number of amides is 3. The normalized spacial score (nSPS) is 22.9. The van der Waals surface area contributed by atoms with Crippen molar-refractivity contribution < 1.29 is 32.3 Å². The van der Waals surface area contributed by atoms with Crippen LogP contribution in [0, 0.1) is 11.8 Å². The third-order valence-electron chi connectivity index (χ3n) is 8.36. The Hall–Kier alpha value is -3.48. The molecule has 0 bridgehead atoms. The quantitative estimate of drug-likeness (QED) is 0.471. The molecule has 5 rings (SSSR count). The topological polar surface area (TPSA) is 127 Å². The van der Waals surface area contributed by atoms with Crippen LogP contribution in [0.15, 0.2) is 24.5 Å². The van der Waals surface area contributed by atoms with Crippen molar-refractivity contribution in [1.82, 2.24) is 20.1 Å². The minimum absolute atomic E-state index is 0.0497. The zero-order chi connectivity index (χ0) is 28.5. The number of nitrogens with zero attached hydrogens (tertiary/aromatic N) is 3. The predicted octanol–water partition coefficient (Wildman–Crippen LogP) is 3.79. The van der Waals surface area contributed by atoms with Gasteiger partial charge in [-0.05, 0) is 43.6 Å². The van der Waals surface area contributed by atoms with Gasteiger partial charge in [-0.2, -0.15) is 18.3 Å². The predicted molar refractivity (Wildman–Crippen MR) is 139 cm³/mol. The number of nitrogens with one attached hydrogen (secondary N) is 3. The summed E-state index contributed by atoms with van der Waals surface area (Å²) in [4.78, 5) is 44.0. The molecule has 2 fully saturated rings. The molecule has 0 radical (unpaired) electrons. The summed E-state index contributed by atoms with van der Waals surface area (Å²) in [5.74, 6) is -0.697. The Morgan fingerprint density at radius 3 is 2.65 bits per heavy atom. The highest BCUT2D eigenvalue weighted by atomic mass is 19.4. The van der Waals surface area contributed by atoms with Gasteiger partial charge in [-0.1, -0.05) is 19.8 Å². The Morgan fingerprint density at radius 1 is 1.23 bits per heavy atom. The number of halogens is 3. The third kappa shape index (κ3) is 5.84. The average Bonchev–Trinajstić information content (AvgIpc) is 3.49. The number of anilines is 2. The largest absolute Gasteiger partial charge is 0.390 e. The lowest BCUT2D eigenvalue weighted by Gasteiger charge is -2.32. The number of ether oxygens (including phenoxy) is 1. The second-order valence-corrected chi connectivity index (χ2v) is 11.0. The molecule has 3 amide bonds. The molecule has 1 aliphatic carbocycles. The van der Waals surface area contributed by atoms with Crippen LogP contribution >= 0.6 is 0 Å². The van der Waals surface area contributed by atoms with E-state index >= 15 is 0 Å². The average molecular weight is 563 g/mol. The standard InChI is InChI=1S/C27H33F3N6O4/c1-16-2-4-17(5-3-16)22(35-23(37)20-6-10-32-36(20)11-7-27(28,29)30)24(38)34-21-14-19-18(15-31-21)26(25(39)33-19)8-12-40-13-9-26/h6,10,14-17,22H,2-5,7-9,11-13H2,1H3,(H,33,39)(H,35,37)(H,31,34,38)/t16?,17?,22-/m0/s1. The Balaban J connectivity index is 1.33. The highest BCUT2D eigenvalue weighted by Gasteiger charge is 2.48. The Kier molecular flexibility index (Phi) is 7.85. The lowest BCUT2D eigenvalue weighted by Crippen LogP contribution is -2.49. The molecule has 0 unspecified atom stereocenters. The summed E-state index contributed by atoms with van der Waals surface area (Å²) in [6.45, 7) is 2.58. The van der Waals surface area contributed by atoms with Crippen LogP contribution in [-0.4, -0.2) is 57.9 Å². The van der Waals surface area contributed by atoms with E-state index in [1.165, 1.54) is 12.3 Å². The van der Waals surface area contributed by atoms with Gasteiger partial charge in [-0.25, -0.2) is 4.98 Å². The zero-order valence-electron chi connectivity index (χ0n) is 22.2. The molecular weight excluding hydrogens is 529 g/mol. The van der Waals surface area contributed by atoms with Crippen LogP contribution in [0.2, 0.25) is 0 Å². The van der Waals surface area contributed by atoms with Gasteiger partial charge in [0.05, 0.1) is 24.1 Å². The fraction of sp³-hybridized carbons (Fsp3) is 0.593. The molecule has 2 aliphatic heterocycles. The maximum absolute atomic E-state index is 13.6. The summed E-state index contributed by atoms with van der Waals surface area (Å²) < 4.78 is 44.7. The van der Waals surface area contributed by atoms with E-state index in [-0.39, 0.29) is 23.3 Å². The Bertz CT molecular complexity index is 1270. The molecule has 1 saturated carbocycles. The van der Waals surface area contributed by atoms with Gasteiger partial charge in [0.25, 0.3) is 5.91 Å².